The second-order valence-electron chi connectivity index (χ2n) is 5.36. The summed E-state index contributed by atoms with van der Waals surface area (Å²) in [7, 11) is 0. The van der Waals surface area contributed by atoms with Gasteiger partial charge in [0.05, 0.1) is 0 Å². The standard InChI is InChI=1S/C19H13ClFN3O2/c20-13-2-1-3-16(11-13)24-18(25)12-8-9-22-17(10-12)19(26)23-15-6-4-14(21)5-7-15/h1-11H,(H,23,26)(H,24,25). The van der Waals surface area contributed by atoms with Crippen molar-refractivity contribution >= 4 is 34.8 Å². The number of hydrogen-bond acceptors (Lipinski definition) is 3. The first-order valence-corrected chi connectivity index (χ1v) is 7.99. The molecule has 3 rings (SSSR count). The zero-order chi connectivity index (χ0) is 18.5. The van der Waals surface area contributed by atoms with Crippen LogP contribution < -0.4 is 10.6 Å². The van der Waals surface area contributed by atoms with Crippen LogP contribution in [-0.2, 0) is 0 Å². The molecular weight excluding hydrogens is 357 g/mol. The largest absolute Gasteiger partial charge is 0.322 e. The van der Waals surface area contributed by atoms with Gasteiger partial charge in [0.2, 0.25) is 0 Å². The van der Waals surface area contributed by atoms with E-state index in [1.807, 2.05) is 0 Å². The minimum Gasteiger partial charge on any atom is -0.322 e. The molecule has 2 amide bonds. The molecule has 7 heteroatoms. The predicted octanol–water partition coefficient (Wildman–Crippen LogP) is 4.38. The van der Waals surface area contributed by atoms with Crippen molar-refractivity contribution in [3.8, 4) is 0 Å². The molecule has 1 heterocycles. The number of nitrogens with one attached hydrogen (secondary N) is 2. The molecule has 0 radical (unpaired) electrons. The summed E-state index contributed by atoms with van der Waals surface area (Å²) in [5.74, 6) is -1.31. The third kappa shape index (κ3) is 4.43. The molecule has 0 aliphatic heterocycles. The maximum atomic E-state index is 12.9. The van der Waals surface area contributed by atoms with Gasteiger partial charge in [-0.2, -0.15) is 0 Å². The topological polar surface area (TPSA) is 71.1 Å². The van der Waals surface area contributed by atoms with E-state index in [1.165, 1.54) is 42.6 Å². The van der Waals surface area contributed by atoms with Crippen molar-refractivity contribution < 1.29 is 14.0 Å². The molecule has 0 aliphatic rings. The van der Waals surface area contributed by atoms with Gasteiger partial charge in [-0.1, -0.05) is 17.7 Å². The van der Waals surface area contributed by atoms with Gasteiger partial charge in [0.25, 0.3) is 11.8 Å². The highest BCUT2D eigenvalue weighted by Crippen LogP contribution is 2.16. The maximum Gasteiger partial charge on any atom is 0.274 e. The Morgan fingerprint density at radius 3 is 2.35 bits per heavy atom. The van der Waals surface area contributed by atoms with Crippen molar-refractivity contribution in [2.24, 2.45) is 0 Å². The Morgan fingerprint density at radius 2 is 1.62 bits per heavy atom. The minimum absolute atomic E-state index is 0.0630. The molecule has 2 aromatic carbocycles. The molecule has 2 N–H and O–H groups in total. The van der Waals surface area contributed by atoms with Crippen LogP contribution in [-0.4, -0.2) is 16.8 Å². The molecule has 5 nitrogen and oxygen atoms in total. The van der Waals surface area contributed by atoms with Gasteiger partial charge >= 0.3 is 0 Å². The number of hydrogen-bond donors (Lipinski definition) is 2. The van der Waals surface area contributed by atoms with E-state index >= 15 is 0 Å². The molecule has 1 aromatic heterocycles. The molecule has 0 spiro atoms. The van der Waals surface area contributed by atoms with Gasteiger partial charge in [0, 0.05) is 28.2 Å². The lowest BCUT2D eigenvalue weighted by Gasteiger charge is -2.08. The summed E-state index contributed by atoms with van der Waals surface area (Å²) in [4.78, 5) is 28.6. The van der Waals surface area contributed by atoms with Gasteiger partial charge in [0.1, 0.15) is 11.5 Å². The Balaban J connectivity index is 1.73. The van der Waals surface area contributed by atoms with E-state index in [1.54, 1.807) is 24.3 Å². The number of amides is 2. The average molecular weight is 370 g/mol. The Labute approximate surface area is 153 Å². The van der Waals surface area contributed by atoms with E-state index in [-0.39, 0.29) is 11.3 Å². The van der Waals surface area contributed by atoms with Crippen molar-refractivity contribution in [1.29, 1.82) is 0 Å². The fourth-order valence-electron chi connectivity index (χ4n) is 2.19. The Kier molecular flexibility index (Phi) is 5.24. The second-order valence-corrected chi connectivity index (χ2v) is 5.79. The van der Waals surface area contributed by atoms with E-state index in [4.69, 9.17) is 11.6 Å². The normalized spacial score (nSPS) is 10.2. The highest BCUT2D eigenvalue weighted by Gasteiger charge is 2.12. The summed E-state index contributed by atoms with van der Waals surface area (Å²) in [6.07, 6.45) is 1.37. The highest BCUT2D eigenvalue weighted by atomic mass is 35.5. The van der Waals surface area contributed by atoms with Crippen molar-refractivity contribution in [1.82, 2.24) is 4.98 Å². The van der Waals surface area contributed by atoms with Crippen LogP contribution in [0, 0.1) is 5.82 Å². The Morgan fingerprint density at radius 1 is 0.885 bits per heavy atom. The minimum atomic E-state index is -0.506. The number of rotatable bonds is 4. The highest BCUT2D eigenvalue weighted by molar-refractivity contribution is 6.31. The average Bonchev–Trinajstić information content (AvgIpc) is 2.64. The second kappa shape index (κ2) is 7.76. The molecule has 0 saturated carbocycles. The zero-order valence-electron chi connectivity index (χ0n) is 13.4. The zero-order valence-corrected chi connectivity index (χ0v) is 14.1. The van der Waals surface area contributed by atoms with Crippen LogP contribution in [0.4, 0.5) is 15.8 Å². The van der Waals surface area contributed by atoms with Gasteiger partial charge in [-0.15, -0.1) is 0 Å². The number of nitrogens with zero attached hydrogens (tertiary/aromatic N) is 1. The summed E-state index contributed by atoms with van der Waals surface area (Å²) < 4.78 is 12.9. The molecule has 0 bridgehead atoms. The monoisotopic (exact) mass is 369 g/mol. The first-order valence-electron chi connectivity index (χ1n) is 7.61. The predicted molar refractivity (Wildman–Crippen MR) is 98.0 cm³/mol. The number of carbonyl (C=O) groups excluding carboxylic acids is 2. The summed E-state index contributed by atoms with van der Waals surface area (Å²) in [5, 5.41) is 5.79. The number of pyridine rings is 1. The molecule has 0 fully saturated rings. The molecular formula is C19H13ClFN3O2. The van der Waals surface area contributed by atoms with Crippen LogP contribution in [0.25, 0.3) is 0 Å². The first kappa shape index (κ1) is 17.6. The SMILES string of the molecule is O=C(Nc1cccc(Cl)c1)c1ccnc(C(=O)Nc2ccc(F)cc2)c1. The maximum absolute atomic E-state index is 12.9. The number of aromatic nitrogens is 1. The lowest BCUT2D eigenvalue weighted by molar-refractivity contribution is 0.102. The van der Waals surface area contributed by atoms with E-state index < -0.39 is 17.6 Å². The van der Waals surface area contributed by atoms with E-state index in [0.717, 1.165) is 0 Å². The summed E-state index contributed by atoms with van der Waals surface area (Å²) in [5.41, 5.74) is 1.29. The van der Waals surface area contributed by atoms with E-state index in [0.29, 0.717) is 16.4 Å². The van der Waals surface area contributed by atoms with Crippen molar-refractivity contribution in [3.05, 3.63) is 89.0 Å². The molecule has 3 aromatic rings. The van der Waals surface area contributed by atoms with E-state index in [2.05, 4.69) is 15.6 Å². The van der Waals surface area contributed by atoms with Crippen LogP contribution >= 0.6 is 11.6 Å². The smallest absolute Gasteiger partial charge is 0.274 e. The molecule has 0 aliphatic carbocycles. The Hall–Kier alpha value is -3.25. The Bertz CT molecular complexity index is 961. The summed E-state index contributed by atoms with van der Waals surface area (Å²) in [6.45, 7) is 0. The fourth-order valence-corrected chi connectivity index (χ4v) is 2.38. The third-order valence-corrected chi connectivity index (χ3v) is 3.67. The quantitative estimate of drug-likeness (QED) is 0.717. The van der Waals surface area contributed by atoms with Gasteiger partial charge in [-0.25, -0.2) is 4.39 Å². The van der Waals surface area contributed by atoms with Crippen LogP contribution in [0.1, 0.15) is 20.8 Å². The fraction of sp³-hybridized carbons (Fsp3) is 0. The van der Waals surface area contributed by atoms with Crippen molar-refractivity contribution in [2.75, 3.05) is 10.6 Å². The summed E-state index contributed by atoms with van der Waals surface area (Å²) >= 11 is 5.89. The summed E-state index contributed by atoms with van der Waals surface area (Å²) in [6, 6.07) is 14.9. The van der Waals surface area contributed by atoms with Gasteiger partial charge in [-0.05, 0) is 54.6 Å². The molecule has 130 valence electrons. The molecule has 0 saturated heterocycles. The van der Waals surface area contributed by atoms with Crippen LogP contribution in [0.15, 0.2) is 66.9 Å². The first-order chi connectivity index (χ1) is 12.5. The van der Waals surface area contributed by atoms with Crippen LogP contribution in [0.2, 0.25) is 5.02 Å². The van der Waals surface area contributed by atoms with Gasteiger partial charge in [-0.3, -0.25) is 14.6 Å². The lowest BCUT2D eigenvalue weighted by Crippen LogP contribution is -2.17. The number of anilines is 2. The van der Waals surface area contributed by atoms with Crippen LogP contribution in [0.3, 0.4) is 0 Å². The molecule has 0 unspecified atom stereocenters. The van der Waals surface area contributed by atoms with E-state index in [9.17, 15) is 14.0 Å². The van der Waals surface area contributed by atoms with Crippen molar-refractivity contribution in [2.45, 2.75) is 0 Å². The number of carbonyl (C=O) groups is 2. The third-order valence-electron chi connectivity index (χ3n) is 3.44. The van der Waals surface area contributed by atoms with Gasteiger partial charge < -0.3 is 10.6 Å². The molecule has 0 atom stereocenters. The van der Waals surface area contributed by atoms with Crippen molar-refractivity contribution in [3.63, 3.8) is 0 Å². The van der Waals surface area contributed by atoms with Crippen LogP contribution in [0.5, 0.6) is 0 Å². The molecule has 26 heavy (non-hydrogen) atoms. The lowest BCUT2D eigenvalue weighted by atomic mass is 10.2. The number of benzene rings is 2. The number of halogens is 2. The van der Waals surface area contributed by atoms with Gasteiger partial charge in [0.15, 0.2) is 0 Å².